The van der Waals surface area contributed by atoms with Crippen LogP contribution in [0.3, 0.4) is 0 Å². The number of hydrogen-bond acceptors (Lipinski definition) is 5. The van der Waals surface area contributed by atoms with Crippen molar-refractivity contribution in [1.29, 1.82) is 5.26 Å². The lowest BCUT2D eigenvalue weighted by Crippen LogP contribution is -2.40. The molecule has 0 bridgehead atoms. The third-order valence-electron chi connectivity index (χ3n) is 3.60. The van der Waals surface area contributed by atoms with E-state index in [9.17, 15) is 9.59 Å². The number of imide groups is 1. The number of ether oxygens (including phenoxy) is 1. The summed E-state index contributed by atoms with van der Waals surface area (Å²) in [5, 5.41) is 9.49. The van der Waals surface area contributed by atoms with Gasteiger partial charge in [-0.3, -0.25) is 14.4 Å². The molecule has 0 radical (unpaired) electrons. The van der Waals surface area contributed by atoms with Crippen LogP contribution >= 0.6 is 0 Å². The average Bonchev–Trinajstić information content (AvgIpc) is 2.62. The summed E-state index contributed by atoms with van der Waals surface area (Å²) in [5.74, 6) is 0.0211. The molecule has 2 amide bonds. The summed E-state index contributed by atoms with van der Waals surface area (Å²) < 4.78 is 5.82. The SMILES string of the molecule is Cc1ccccc1C(=O)N(C=O)OCC(C)(C)Oc1ccc(C#N)cc1. The zero-order chi connectivity index (χ0) is 19.2. The quantitative estimate of drug-likeness (QED) is 0.564. The van der Waals surface area contributed by atoms with Crippen LogP contribution < -0.4 is 4.74 Å². The maximum atomic E-state index is 12.4. The highest BCUT2D eigenvalue weighted by Gasteiger charge is 2.25. The van der Waals surface area contributed by atoms with Gasteiger partial charge in [0.1, 0.15) is 18.0 Å². The lowest BCUT2D eigenvalue weighted by atomic mass is 10.1. The fourth-order valence-electron chi connectivity index (χ4n) is 2.24. The Hall–Kier alpha value is -3.17. The molecule has 0 aliphatic rings. The second-order valence-electron chi connectivity index (χ2n) is 6.32. The van der Waals surface area contributed by atoms with E-state index in [4.69, 9.17) is 14.8 Å². The predicted octanol–water partition coefficient (Wildman–Crippen LogP) is 3.25. The van der Waals surface area contributed by atoms with Gasteiger partial charge in [-0.25, -0.2) is 0 Å². The van der Waals surface area contributed by atoms with E-state index in [0.29, 0.717) is 28.3 Å². The molecule has 0 spiro atoms. The van der Waals surface area contributed by atoms with Crippen LogP contribution in [-0.4, -0.2) is 29.6 Å². The van der Waals surface area contributed by atoms with Crippen molar-refractivity contribution >= 4 is 12.3 Å². The zero-order valence-corrected chi connectivity index (χ0v) is 14.9. The van der Waals surface area contributed by atoms with E-state index < -0.39 is 11.5 Å². The Morgan fingerprint density at radius 3 is 2.42 bits per heavy atom. The summed E-state index contributed by atoms with van der Waals surface area (Å²) in [6, 6.07) is 15.6. The van der Waals surface area contributed by atoms with Crippen molar-refractivity contribution in [2.45, 2.75) is 26.4 Å². The third-order valence-corrected chi connectivity index (χ3v) is 3.60. The van der Waals surface area contributed by atoms with Gasteiger partial charge >= 0.3 is 0 Å². The van der Waals surface area contributed by atoms with E-state index in [1.54, 1.807) is 63.2 Å². The number of rotatable bonds is 7. The van der Waals surface area contributed by atoms with Crippen molar-refractivity contribution < 1.29 is 19.2 Å². The Kier molecular flexibility index (Phi) is 6.10. The molecule has 6 heteroatoms. The Morgan fingerprint density at radius 1 is 1.19 bits per heavy atom. The first-order valence-corrected chi connectivity index (χ1v) is 8.03. The van der Waals surface area contributed by atoms with Gasteiger partial charge in [-0.05, 0) is 56.7 Å². The van der Waals surface area contributed by atoms with Gasteiger partial charge in [0.2, 0.25) is 6.41 Å². The van der Waals surface area contributed by atoms with E-state index in [1.807, 2.05) is 12.1 Å². The number of benzene rings is 2. The van der Waals surface area contributed by atoms with Gasteiger partial charge < -0.3 is 4.74 Å². The molecule has 6 nitrogen and oxygen atoms in total. The summed E-state index contributed by atoms with van der Waals surface area (Å²) in [4.78, 5) is 29.1. The lowest BCUT2D eigenvalue weighted by Gasteiger charge is -2.28. The number of nitrogens with zero attached hydrogens (tertiary/aromatic N) is 2. The first-order valence-electron chi connectivity index (χ1n) is 8.03. The van der Waals surface area contributed by atoms with Gasteiger partial charge in [0, 0.05) is 5.56 Å². The van der Waals surface area contributed by atoms with Gasteiger partial charge in [0.15, 0.2) is 0 Å². The molecule has 0 saturated heterocycles. The molecule has 0 saturated carbocycles. The average molecular weight is 352 g/mol. The molecular weight excluding hydrogens is 332 g/mol. The number of aryl methyl sites for hydroxylation is 1. The van der Waals surface area contributed by atoms with Crippen LogP contribution in [0.25, 0.3) is 0 Å². The zero-order valence-electron chi connectivity index (χ0n) is 14.9. The number of amides is 2. The monoisotopic (exact) mass is 352 g/mol. The molecule has 2 rings (SSSR count). The van der Waals surface area contributed by atoms with Crippen molar-refractivity contribution in [1.82, 2.24) is 5.06 Å². The van der Waals surface area contributed by atoms with Crippen LogP contribution in [0.2, 0.25) is 0 Å². The molecular formula is C20H20N2O4. The highest BCUT2D eigenvalue weighted by molar-refractivity contribution is 5.99. The fraction of sp³-hybridized carbons (Fsp3) is 0.250. The van der Waals surface area contributed by atoms with Crippen LogP contribution in [0.4, 0.5) is 0 Å². The molecule has 134 valence electrons. The van der Waals surface area contributed by atoms with Crippen LogP contribution in [0.15, 0.2) is 48.5 Å². The number of carbonyl (C=O) groups is 2. The van der Waals surface area contributed by atoms with Crippen molar-refractivity contribution in [3.8, 4) is 11.8 Å². The van der Waals surface area contributed by atoms with E-state index >= 15 is 0 Å². The summed E-state index contributed by atoms with van der Waals surface area (Å²) >= 11 is 0. The largest absolute Gasteiger partial charge is 0.485 e. The summed E-state index contributed by atoms with van der Waals surface area (Å²) in [5.41, 5.74) is 0.871. The van der Waals surface area contributed by atoms with Crippen molar-refractivity contribution in [3.05, 3.63) is 65.2 Å². The Labute approximate surface area is 152 Å². The molecule has 0 aliphatic carbocycles. The van der Waals surface area contributed by atoms with Crippen LogP contribution in [-0.2, 0) is 9.63 Å². The van der Waals surface area contributed by atoms with Gasteiger partial charge in [0.25, 0.3) is 5.91 Å². The second kappa shape index (κ2) is 8.28. The standard InChI is InChI=1S/C20H20N2O4/c1-15-6-4-5-7-18(15)19(24)22(14-23)25-13-20(2,3)26-17-10-8-16(12-21)9-11-17/h4-11,14H,13H2,1-3H3. The highest BCUT2D eigenvalue weighted by Crippen LogP contribution is 2.20. The minimum absolute atomic E-state index is 0.0244. The Bertz CT molecular complexity index is 822. The molecule has 0 heterocycles. The van der Waals surface area contributed by atoms with E-state index in [0.717, 1.165) is 5.56 Å². The third kappa shape index (κ3) is 4.91. The Balaban J connectivity index is 2.01. The smallest absolute Gasteiger partial charge is 0.284 e. The number of carbonyl (C=O) groups excluding carboxylic acids is 2. The molecule has 0 N–H and O–H groups in total. The number of hydrogen-bond donors (Lipinski definition) is 0. The maximum absolute atomic E-state index is 12.4. The van der Waals surface area contributed by atoms with Gasteiger partial charge in [-0.15, -0.1) is 0 Å². The maximum Gasteiger partial charge on any atom is 0.284 e. The summed E-state index contributed by atoms with van der Waals surface area (Å²) in [6.45, 7) is 5.30. The molecule has 0 aliphatic heterocycles. The van der Waals surface area contributed by atoms with Gasteiger partial charge in [-0.2, -0.15) is 10.3 Å². The fourth-order valence-corrected chi connectivity index (χ4v) is 2.24. The van der Waals surface area contributed by atoms with E-state index in [-0.39, 0.29) is 6.61 Å². The number of hydroxylamine groups is 2. The minimum atomic E-state index is -0.804. The Morgan fingerprint density at radius 2 is 1.85 bits per heavy atom. The molecule has 2 aromatic rings. The summed E-state index contributed by atoms with van der Waals surface area (Å²) in [6.07, 6.45) is 0.340. The van der Waals surface area contributed by atoms with Crippen LogP contribution in [0.1, 0.15) is 35.3 Å². The topological polar surface area (TPSA) is 79.6 Å². The molecule has 0 fully saturated rings. The minimum Gasteiger partial charge on any atom is -0.485 e. The van der Waals surface area contributed by atoms with Crippen LogP contribution in [0.5, 0.6) is 5.75 Å². The van der Waals surface area contributed by atoms with Crippen molar-refractivity contribution in [2.75, 3.05) is 6.61 Å². The molecule has 2 aromatic carbocycles. The van der Waals surface area contributed by atoms with Crippen LogP contribution in [0, 0.1) is 18.3 Å². The first kappa shape index (κ1) is 19.2. The molecule has 26 heavy (non-hydrogen) atoms. The predicted molar refractivity (Wildman–Crippen MR) is 95.2 cm³/mol. The van der Waals surface area contributed by atoms with Crippen molar-refractivity contribution in [3.63, 3.8) is 0 Å². The summed E-state index contributed by atoms with van der Waals surface area (Å²) in [7, 11) is 0. The molecule has 0 aromatic heterocycles. The number of nitriles is 1. The van der Waals surface area contributed by atoms with E-state index in [1.165, 1.54) is 0 Å². The van der Waals surface area contributed by atoms with Gasteiger partial charge in [0.05, 0.1) is 11.6 Å². The van der Waals surface area contributed by atoms with E-state index in [2.05, 4.69) is 0 Å². The molecule has 0 atom stereocenters. The molecule has 0 unspecified atom stereocenters. The van der Waals surface area contributed by atoms with Gasteiger partial charge in [-0.1, -0.05) is 18.2 Å². The normalized spacial score (nSPS) is 10.7. The lowest BCUT2D eigenvalue weighted by molar-refractivity contribution is -0.169. The second-order valence-corrected chi connectivity index (χ2v) is 6.32. The van der Waals surface area contributed by atoms with Crippen molar-refractivity contribution in [2.24, 2.45) is 0 Å². The first-order chi connectivity index (χ1) is 12.4. The highest BCUT2D eigenvalue weighted by atomic mass is 16.7.